The summed E-state index contributed by atoms with van der Waals surface area (Å²) in [6, 6.07) is 9.16. The van der Waals surface area contributed by atoms with Crippen LogP contribution in [0, 0.1) is 0 Å². The maximum atomic E-state index is 12.9. The van der Waals surface area contributed by atoms with Gasteiger partial charge in [-0.05, 0) is 55.7 Å². The van der Waals surface area contributed by atoms with Crippen molar-refractivity contribution in [3.8, 4) is 5.75 Å². The highest BCUT2D eigenvalue weighted by atomic mass is 16.5. The molecular weight excluding hydrogens is 374 g/mol. The van der Waals surface area contributed by atoms with Gasteiger partial charge in [-0.1, -0.05) is 0 Å². The maximum absolute atomic E-state index is 12.9. The summed E-state index contributed by atoms with van der Waals surface area (Å²) >= 11 is 0. The van der Waals surface area contributed by atoms with Crippen LogP contribution < -0.4 is 19.9 Å². The van der Waals surface area contributed by atoms with E-state index in [2.05, 4.69) is 10.2 Å². The molecule has 2 aliphatic heterocycles. The molecule has 1 aromatic heterocycles. The molecule has 0 radical (unpaired) electrons. The normalized spacial score (nSPS) is 18.9. The molecule has 2 saturated heterocycles. The van der Waals surface area contributed by atoms with E-state index in [1.165, 1.54) is 19.6 Å². The van der Waals surface area contributed by atoms with Crippen LogP contribution in [0.3, 0.4) is 0 Å². The van der Waals surface area contributed by atoms with Crippen molar-refractivity contribution in [2.75, 3.05) is 30.0 Å². The Kier molecular flexibility index (Phi) is 5.07. The zero-order valence-corrected chi connectivity index (χ0v) is 16.0. The molecule has 1 aromatic carbocycles. The fraction of sp³-hybridized carbons (Fsp3) is 0.286. The van der Waals surface area contributed by atoms with E-state index in [1.54, 1.807) is 30.3 Å². The summed E-state index contributed by atoms with van der Waals surface area (Å²) in [6.07, 6.45) is 4.79. The summed E-state index contributed by atoms with van der Waals surface area (Å²) in [7, 11) is 1.52. The zero-order chi connectivity index (χ0) is 20.4. The minimum atomic E-state index is -0.796. The molecule has 0 bridgehead atoms. The van der Waals surface area contributed by atoms with Crippen LogP contribution in [0.2, 0.25) is 0 Å². The molecule has 0 aliphatic carbocycles. The van der Waals surface area contributed by atoms with Crippen molar-refractivity contribution in [2.24, 2.45) is 0 Å². The number of hydrogen-bond acceptors (Lipinski definition) is 6. The van der Waals surface area contributed by atoms with Crippen LogP contribution in [-0.4, -0.2) is 38.0 Å². The fourth-order valence-electron chi connectivity index (χ4n) is 3.47. The van der Waals surface area contributed by atoms with Crippen molar-refractivity contribution >= 4 is 35.5 Å². The number of nitrogens with zero attached hydrogens (tertiary/aromatic N) is 2. The molecule has 0 unspecified atom stereocenters. The van der Waals surface area contributed by atoms with Gasteiger partial charge < -0.3 is 14.1 Å². The Bertz CT molecular complexity index is 970. The molecular formula is C21H21N3O5. The minimum absolute atomic E-state index is 0.167. The van der Waals surface area contributed by atoms with Crippen molar-refractivity contribution in [2.45, 2.75) is 19.3 Å². The van der Waals surface area contributed by atoms with Crippen LogP contribution in [0.4, 0.5) is 16.4 Å². The predicted octanol–water partition coefficient (Wildman–Crippen LogP) is 2.94. The number of barbiturate groups is 1. The van der Waals surface area contributed by atoms with Gasteiger partial charge in [-0.2, -0.15) is 0 Å². The average molecular weight is 395 g/mol. The molecule has 2 aliphatic rings. The lowest BCUT2D eigenvalue weighted by Gasteiger charge is -2.26. The number of nitrogens with one attached hydrogen (secondary N) is 1. The third-order valence-electron chi connectivity index (χ3n) is 5.00. The number of furan rings is 1. The largest absolute Gasteiger partial charge is 0.497 e. The molecule has 0 spiro atoms. The highest BCUT2D eigenvalue weighted by molar-refractivity contribution is 6.39. The Morgan fingerprint density at radius 1 is 1.00 bits per heavy atom. The zero-order valence-electron chi connectivity index (χ0n) is 16.0. The van der Waals surface area contributed by atoms with Crippen LogP contribution in [0.5, 0.6) is 5.75 Å². The first-order valence-corrected chi connectivity index (χ1v) is 9.47. The van der Waals surface area contributed by atoms with Crippen molar-refractivity contribution in [1.82, 2.24) is 5.32 Å². The molecule has 150 valence electrons. The summed E-state index contributed by atoms with van der Waals surface area (Å²) in [5.74, 6) is 0.225. The number of carbonyl (C=O) groups excluding carboxylic acids is 3. The lowest BCUT2D eigenvalue weighted by Crippen LogP contribution is -2.54. The number of imide groups is 2. The number of hydrogen-bond donors (Lipinski definition) is 1. The molecule has 3 heterocycles. The highest BCUT2D eigenvalue weighted by Crippen LogP contribution is 2.27. The van der Waals surface area contributed by atoms with E-state index in [-0.39, 0.29) is 5.57 Å². The monoisotopic (exact) mass is 395 g/mol. The van der Waals surface area contributed by atoms with E-state index in [1.807, 2.05) is 6.07 Å². The second kappa shape index (κ2) is 7.83. The van der Waals surface area contributed by atoms with Crippen LogP contribution in [-0.2, 0) is 9.59 Å². The number of amides is 4. The summed E-state index contributed by atoms with van der Waals surface area (Å²) in [4.78, 5) is 40.5. The SMILES string of the molecule is COc1ccc(N2C(=O)NC(=O)C(=Cc3ccc(N4CCCCC4)o3)C2=O)cc1. The number of anilines is 2. The van der Waals surface area contributed by atoms with Gasteiger partial charge in [-0.15, -0.1) is 0 Å². The van der Waals surface area contributed by atoms with Crippen molar-refractivity contribution in [1.29, 1.82) is 0 Å². The fourth-order valence-corrected chi connectivity index (χ4v) is 3.47. The minimum Gasteiger partial charge on any atom is -0.497 e. The quantitative estimate of drug-likeness (QED) is 0.632. The van der Waals surface area contributed by atoms with Gasteiger partial charge in [0, 0.05) is 19.2 Å². The molecule has 4 rings (SSSR count). The van der Waals surface area contributed by atoms with Gasteiger partial charge in [-0.25, -0.2) is 9.69 Å². The standard InChI is InChI=1S/C21H21N3O5/c1-28-15-7-5-14(6-8-15)24-20(26)17(19(25)22-21(24)27)13-16-9-10-18(29-16)23-11-3-2-4-12-23/h5-10,13H,2-4,11-12H2,1H3,(H,22,25,27). The second-order valence-corrected chi connectivity index (χ2v) is 6.88. The van der Waals surface area contributed by atoms with Gasteiger partial charge >= 0.3 is 6.03 Å². The molecule has 8 heteroatoms. The first-order valence-electron chi connectivity index (χ1n) is 9.47. The van der Waals surface area contributed by atoms with Crippen molar-refractivity contribution < 1.29 is 23.5 Å². The van der Waals surface area contributed by atoms with Gasteiger partial charge in [0.15, 0.2) is 5.88 Å². The van der Waals surface area contributed by atoms with Gasteiger partial charge in [0.25, 0.3) is 11.8 Å². The Hall–Kier alpha value is -3.55. The summed E-state index contributed by atoms with van der Waals surface area (Å²) < 4.78 is 10.9. The third kappa shape index (κ3) is 3.73. The van der Waals surface area contributed by atoms with Gasteiger partial charge in [0.1, 0.15) is 17.1 Å². The molecule has 8 nitrogen and oxygen atoms in total. The van der Waals surface area contributed by atoms with Crippen LogP contribution in [0.15, 0.2) is 46.4 Å². The number of rotatable bonds is 4. The Labute approximate surface area is 167 Å². The summed E-state index contributed by atoms with van der Waals surface area (Å²) in [5.41, 5.74) is 0.167. The van der Waals surface area contributed by atoms with Crippen LogP contribution in [0.1, 0.15) is 25.0 Å². The number of carbonyl (C=O) groups is 3. The smallest absolute Gasteiger partial charge is 0.335 e. The first kappa shape index (κ1) is 18.8. The Morgan fingerprint density at radius 3 is 2.41 bits per heavy atom. The molecule has 1 N–H and O–H groups in total. The summed E-state index contributed by atoms with van der Waals surface area (Å²) in [5, 5.41) is 2.20. The van der Waals surface area contributed by atoms with Crippen LogP contribution in [0.25, 0.3) is 6.08 Å². The Balaban J connectivity index is 1.60. The lowest BCUT2D eigenvalue weighted by atomic mass is 10.1. The van der Waals surface area contributed by atoms with E-state index < -0.39 is 17.8 Å². The highest BCUT2D eigenvalue weighted by Gasteiger charge is 2.37. The van der Waals surface area contributed by atoms with E-state index in [4.69, 9.17) is 9.15 Å². The number of methoxy groups -OCH3 is 1. The van der Waals surface area contributed by atoms with Crippen molar-refractivity contribution in [3.63, 3.8) is 0 Å². The van der Waals surface area contributed by atoms with E-state index >= 15 is 0 Å². The molecule has 0 atom stereocenters. The third-order valence-corrected chi connectivity index (χ3v) is 5.00. The van der Waals surface area contributed by atoms with Gasteiger partial charge in [-0.3, -0.25) is 14.9 Å². The number of piperidine rings is 1. The first-order chi connectivity index (χ1) is 14.1. The van der Waals surface area contributed by atoms with Crippen LogP contribution >= 0.6 is 0 Å². The topological polar surface area (TPSA) is 92.1 Å². The van der Waals surface area contributed by atoms with Gasteiger partial charge in [0.2, 0.25) is 0 Å². The lowest BCUT2D eigenvalue weighted by molar-refractivity contribution is -0.122. The van der Waals surface area contributed by atoms with Gasteiger partial charge in [0.05, 0.1) is 12.8 Å². The molecule has 2 aromatic rings. The predicted molar refractivity (Wildman–Crippen MR) is 107 cm³/mol. The number of benzene rings is 1. The molecule has 0 saturated carbocycles. The molecule has 2 fully saturated rings. The van der Waals surface area contributed by atoms with E-state index in [0.29, 0.717) is 23.1 Å². The number of urea groups is 1. The summed E-state index contributed by atoms with van der Waals surface area (Å²) in [6.45, 7) is 1.84. The number of ether oxygens (including phenoxy) is 1. The molecule has 29 heavy (non-hydrogen) atoms. The van der Waals surface area contributed by atoms with Crippen molar-refractivity contribution in [3.05, 3.63) is 47.7 Å². The second-order valence-electron chi connectivity index (χ2n) is 6.88. The maximum Gasteiger partial charge on any atom is 0.335 e. The Morgan fingerprint density at radius 2 is 1.72 bits per heavy atom. The van der Waals surface area contributed by atoms with E-state index in [0.717, 1.165) is 30.8 Å². The molecule has 4 amide bonds. The van der Waals surface area contributed by atoms with E-state index in [9.17, 15) is 14.4 Å². The average Bonchev–Trinajstić information content (AvgIpc) is 3.21.